The summed E-state index contributed by atoms with van der Waals surface area (Å²) in [6.07, 6.45) is -0.713. The fourth-order valence-electron chi connectivity index (χ4n) is 1.78. The molecule has 0 aliphatic carbocycles. The minimum atomic E-state index is -0.966. The van der Waals surface area contributed by atoms with E-state index in [1.54, 1.807) is 51.1 Å². The van der Waals surface area contributed by atoms with Gasteiger partial charge in [-0.3, -0.25) is 9.59 Å². The topological polar surface area (TPSA) is 111 Å². The first-order valence-corrected chi connectivity index (χ1v) is 7.24. The molecule has 0 aliphatic heterocycles. The molecule has 0 saturated heterocycles. The quantitative estimate of drug-likeness (QED) is 0.757. The SMILES string of the molecule is C[C@@H](NC(=O)OC(C)(C)C)C(=O)N[C@@H](C(N)=O)c1ccccc1. The maximum atomic E-state index is 12.1. The van der Waals surface area contributed by atoms with Crippen LogP contribution in [0, 0.1) is 0 Å². The maximum Gasteiger partial charge on any atom is 0.408 e. The summed E-state index contributed by atoms with van der Waals surface area (Å²) in [4.78, 5) is 35.4. The van der Waals surface area contributed by atoms with Crippen molar-refractivity contribution < 1.29 is 19.1 Å². The summed E-state index contributed by atoms with van der Waals surface area (Å²) in [6.45, 7) is 6.64. The van der Waals surface area contributed by atoms with E-state index in [4.69, 9.17) is 10.5 Å². The molecule has 3 amide bonds. The second kappa shape index (κ2) is 7.62. The lowest BCUT2D eigenvalue weighted by Gasteiger charge is -2.23. The van der Waals surface area contributed by atoms with E-state index in [0.29, 0.717) is 5.56 Å². The van der Waals surface area contributed by atoms with Crippen LogP contribution in [-0.2, 0) is 14.3 Å². The standard InChI is InChI=1S/C16H23N3O4/c1-10(18-15(22)23-16(2,3)4)14(21)19-12(13(17)20)11-8-6-5-7-9-11/h5-10,12H,1-4H3,(H2,17,20)(H,18,22)(H,19,21)/t10-,12-/m1/s1. The number of nitrogens with one attached hydrogen (secondary N) is 2. The third-order valence-corrected chi connectivity index (χ3v) is 2.83. The van der Waals surface area contributed by atoms with Gasteiger partial charge in [0.15, 0.2) is 0 Å². The Balaban J connectivity index is 2.69. The molecule has 7 heteroatoms. The van der Waals surface area contributed by atoms with Gasteiger partial charge in [-0.1, -0.05) is 30.3 Å². The number of rotatable bonds is 5. The van der Waals surface area contributed by atoms with Crippen molar-refractivity contribution >= 4 is 17.9 Å². The van der Waals surface area contributed by atoms with E-state index < -0.39 is 35.6 Å². The molecule has 0 unspecified atom stereocenters. The van der Waals surface area contributed by atoms with E-state index in [1.807, 2.05) is 0 Å². The average Bonchev–Trinajstić information content (AvgIpc) is 2.42. The van der Waals surface area contributed by atoms with Gasteiger partial charge in [-0.25, -0.2) is 4.79 Å². The summed E-state index contributed by atoms with van der Waals surface area (Å²) in [6, 6.07) is 6.78. The van der Waals surface area contributed by atoms with Crippen LogP contribution in [0.2, 0.25) is 0 Å². The van der Waals surface area contributed by atoms with Gasteiger partial charge in [0.1, 0.15) is 17.7 Å². The van der Waals surface area contributed by atoms with E-state index in [1.165, 1.54) is 6.92 Å². The molecule has 2 atom stereocenters. The zero-order valence-corrected chi connectivity index (χ0v) is 13.8. The van der Waals surface area contributed by atoms with Crippen LogP contribution in [0.25, 0.3) is 0 Å². The number of carbonyl (C=O) groups is 3. The highest BCUT2D eigenvalue weighted by Crippen LogP contribution is 2.12. The number of hydrogen-bond acceptors (Lipinski definition) is 4. The largest absolute Gasteiger partial charge is 0.444 e. The number of nitrogens with two attached hydrogens (primary N) is 1. The van der Waals surface area contributed by atoms with Gasteiger partial charge in [-0.2, -0.15) is 0 Å². The number of benzene rings is 1. The maximum absolute atomic E-state index is 12.1. The monoisotopic (exact) mass is 321 g/mol. The first-order valence-electron chi connectivity index (χ1n) is 7.24. The van der Waals surface area contributed by atoms with Crippen molar-refractivity contribution in [2.45, 2.75) is 45.4 Å². The van der Waals surface area contributed by atoms with Crippen LogP contribution in [-0.4, -0.2) is 29.6 Å². The Labute approximate surface area is 135 Å². The minimum Gasteiger partial charge on any atom is -0.444 e. The number of hydrogen-bond donors (Lipinski definition) is 3. The molecule has 1 aromatic carbocycles. The molecule has 0 fully saturated rings. The molecular formula is C16H23N3O4. The van der Waals surface area contributed by atoms with Crippen LogP contribution < -0.4 is 16.4 Å². The number of carbonyl (C=O) groups excluding carboxylic acids is 3. The molecular weight excluding hydrogens is 298 g/mol. The van der Waals surface area contributed by atoms with Crippen molar-refractivity contribution in [2.75, 3.05) is 0 Å². The molecule has 0 heterocycles. The predicted molar refractivity (Wildman–Crippen MR) is 85.4 cm³/mol. The van der Waals surface area contributed by atoms with Crippen molar-refractivity contribution in [3.63, 3.8) is 0 Å². The lowest BCUT2D eigenvalue weighted by Crippen LogP contribution is -2.49. The summed E-state index contributed by atoms with van der Waals surface area (Å²) in [5.41, 5.74) is 5.24. The number of ether oxygens (including phenoxy) is 1. The number of primary amides is 1. The molecule has 23 heavy (non-hydrogen) atoms. The van der Waals surface area contributed by atoms with Gasteiger partial charge in [-0.15, -0.1) is 0 Å². The minimum absolute atomic E-state index is 0.538. The predicted octanol–water partition coefficient (Wildman–Crippen LogP) is 1.24. The fourth-order valence-corrected chi connectivity index (χ4v) is 1.78. The Bertz CT molecular complexity index is 566. The second-order valence-corrected chi connectivity index (χ2v) is 6.12. The van der Waals surface area contributed by atoms with Gasteiger partial charge in [0, 0.05) is 0 Å². The summed E-state index contributed by atoms with van der Waals surface area (Å²) in [5, 5.41) is 4.92. The van der Waals surface area contributed by atoms with Crippen molar-refractivity contribution in [2.24, 2.45) is 5.73 Å². The van der Waals surface area contributed by atoms with E-state index in [-0.39, 0.29) is 0 Å². The van der Waals surface area contributed by atoms with E-state index in [9.17, 15) is 14.4 Å². The van der Waals surface area contributed by atoms with E-state index in [2.05, 4.69) is 10.6 Å². The molecule has 126 valence electrons. The zero-order chi connectivity index (χ0) is 17.6. The lowest BCUT2D eigenvalue weighted by molar-refractivity contribution is -0.128. The Kier molecular flexibility index (Phi) is 6.12. The molecule has 0 spiro atoms. The first-order chi connectivity index (χ1) is 10.6. The van der Waals surface area contributed by atoms with Crippen LogP contribution in [0.3, 0.4) is 0 Å². The fraction of sp³-hybridized carbons (Fsp3) is 0.438. The summed E-state index contributed by atoms with van der Waals surface area (Å²) >= 11 is 0. The normalized spacial score (nSPS) is 13.6. The van der Waals surface area contributed by atoms with Crippen molar-refractivity contribution in [1.82, 2.24) is 10.6 Å². The Morgan fingerprint density at radius 1 is 1.09 bits per heavy atom. The summed E-state index contributed by atoms with van der Waals surface area (Å²) < 4.78 is 5.07. The zero-order valence-electron chi connectivity index (χ0n) is 13.8. The van der Waals surface area contributed by atoms with Crippen molar-refractivity contribution in [3.8, 4) is 0 Å². The summed E-state index contributed by atoms with van der Waals surface area (Å²) in [7, 11) is 0. The van der Waals surface area contributed by atoms with Gasteiger partial charge in [0.05, 0.1) is 0 Å². The molecule has 0 aliphatic rings. The van der Waals surface area contributed by atoms with Crippen LogP contribution in [0.1, 0.15) is 39.3 Å². The van der Waals surface area contributed by atoms with Gasteiger partial charge >= 0.3 is 6.09 Å². The van der Waals surface area contributed by atoms with E-state index >= 15 is 0 Å². The second-order valence-electron chi connectivity index (χ2n) is 6.12. The van der Waals surface area contributed by atoms with Crippen molar-refractivity contribution in [3.05, 3.63) is 35.9 Å². The Morgan fingerprint density at radius 3 is 2.13 bits per heavy atom. The third kappa shape index (κ3) is 6.37. The molecule has 1 aromatic rings. The lowest BCUT2D eigenvalue weighted by atomic mass is 10.1. The highest BCUT2D eigenvalue weighted by Gasteiger charge is 2.25. The molecule has 4 N–H and O–H groups in total. The molecule has 7 nitrogen and oxygen atoms in total. The molecule has 0 aromatic heterocycles. The molecule has 0 bridgehead atoms. The van der Waals surface area contributed by atoms with Gasteiger partial charge in [0.25, 0.3) is 0 Å². The molecule has 0 saturated carbocycles. The average molecular weight is 321 g/mol. The van der Waals surface area contributed by atoms with Crippen LogP contribution in [0.15, 0.2) is 30.3 Å². The molecule has 0 radical (unpaired) electrons. The highest BCUT2D eigenvalue weighted by atomic mass is 16.6. The first kappa shape index (κ1) is 18.5. The van der Waals surface area contributed by atoms with E-state index in [0.717, 1.165) is 0 Å². The van der Waals surface area contributed by atoms with Crippen molar-refractivity contribution in [1.29, 1.82) is 0 Å². The van der Waals surface area contributed by atoms with Gasteiger partial charge in [0.2, 0.25) is 11.8 Å². The smallest absolute Gasteiger partial charge is 0.408 e. The van der Waals surface area contributed by atoms with Crippen LogP contribution in [0.5, 0.6) is 0 Å². The number of amides is 3. The number of alkyl carbamates (subject to hydrolysis) is 1. The third-order valence-electron chi connectivity index (χ3n) is 2.83. The molecule has 1 rings (SSSR count). The highest BCUT2D eigenvalue weighted by molar-refractivity contribution is 5.91. The Hall–Kier alpha value is -2.57. The van der Waals surface area contributed by atoms with Gasteiger partial charge < -0.3 is 21.1 Å². The van der Waals surface area contributed by atoms with Gasteiger partial charge in [-0.05, 0) is 33.3 Å². The Morgan fingerprint density at radius 2 is 1.65 bits per heavy atom. The summed E-state index contributed by atoms with van der Waals surface area (Å²) in [5.74, 6) is -1.22. The van der Waals surface area contributed by atoms with Crippen LogP contribution >= 0.6 is 0 Å². The van der Waals surface area contributed by atoms with Crippen LogP contribution in [0.4, 0.5) is 4.79 Å².